The smallest absolute Gasteiger partial charge is 0.274 e. The molecule has 0 aliphatic heterocycles. The molecule has 0 aliphatic carbocycles. The summed E-state index contributed by atoms with van der Waals surface area (Å²) in [6, 6.07) is 7.38. The highest BCUT2D eigenvalue weighted by Gasteiger charge is 2.14. The van der Waals surface area contributed by atoms with Gasteiger partial charge in [0.05, 0.1) is 5.69 Å². The number of nitrogens with one attached hydrogen (secondary N) is 2. The van der Waals surface area contributed by atoms with Crippen molar-refractivity contribution in [3.63, 3.8) is 0 Å². The molecule has 1 heterocycles. The number of rotatable bonds is 3. The molecule has 0 spiro atoms. The first-order valence-corrected chi connectivity index (χ1v) is 7.72. The van der Waals surface area contributed by atoms with Crippen molar-refractivity contribution in [2.45, 2.75) is 33.2 Å². The Bertz CT molecular complexity index is 695. The number of aryl methyl sites for hydroxylation is 1. The molecular weight excluding hydrogens is 344 g/mol. The lowest BCUT2D eigenvalue weighted by molar-refractivity contribution is 0.102. The second-order valence-corrected chi connectivity index (χ2v) is 6.96. The topological polar surface area (TPSA) is 66.9 Å². The van der Waals surface area contributed by atoms with Crippen LogP contribution in [0, 0.1) is 6.92 Å². The molecule has 0 unspecified atom stereocenters. The van der Waals surface area contributed by atoms with Crippen molar-refractivity contribution in [2.75, 3.05) is 10.6 Å². The Labute approximate surface area is 138 Å². The average Bonchev–Trinajstić information content (AvgIpc) is 2.40. The van der Waals surface area contributed by atoms with Gasteiger partial charge in [0.2, 0.25) is 0 Å². The van der Waals surface area contributed by atoms with Crippen LogP contribution in [0.25, 0.3) is 0 Å². The van der Waals surface area contributed by atoms with E-state index in [0.29, 0.717) is 17.2 Å². The molecule has 22 heavy (non-hydrogen) atoms. The van der Waals surface area contributed by atoms with Crippen molar-refractivity contribution < 1.29 is 4.79 Å². The molecule has 0 bridgehead atoms. The van der Waals surface area contributed by atoms with Gasteiger partial charge in [-0.05, 0) is 61.3 Å². The number of carbonyl (C=O) groups excluding carboxylic acids is 1. The van der Waals surface area contributed by atoms with Crippen molar-refractivity contribution in [2.24, 2.45) is 0 Å². The van der Waals surface area contributed by atoms with Crippen molar-refractivity contribution in [3.05, 3.63) is 46.3 Å². The van der Waals surface area contributed by atoms with Gasteiger partial charge in [-0.15, -0.1) is 0 Å². The lowest BCUT2D eigenvalue weighted by Gasteiger charge is -2.21. The predicted molar refractivity (Wildman–Crippen MR) is 92.2 cm³/mol. The second-order valence-electron chi connectivity index (χ2n) is 6.10. The van der Waals surface area contributed by atoms with Gasteiger partial charge in [0.25, 0.3) is 5.91 Å². The fourth-order valence-electron chi connectivity index (χ4n) is 1.84. The number of anilines is 2. The van der Waals surface area contributed by atoms with E-state index in [0.717, 1.165) is 10.0 Å². The van der Waals surface area contributed by atoms with Gasteiger partial charge in [-0.2, -0.15) is 0 Å². The van der Waals surface area contributed by atoms with Crippen molar-refractivity contribution in [1.29, 1.82) is 0 Å². The Kier molecular flexibility index (Phi) is 4.81. The average molecular weight is 363 g/mol. The van der Waals surface area contributed by atoms with Crippen LogP contribution in [0.5, 0.6) is 0 Å². The molecule has 0 saturated carbocycles. The monoisotopic (exact) mass is 362 g/mol. The summed E-state index contributed by atoms with van der Waals surface area (Å²) in [6.45, 7) is 8.07. The molecular formula is C16H19BrN4O. The van der Waals surface area contributed by atoms with E-state index in [2.05, 4.69) is 36.5 Å². The lowest BCUT2D eigenvalue weighted by Crippen LogP contribution is -2.27. The van der Waals surface area contributed by atoms with Gasteiger partial charge >= 0.3 is 0 Å². The van der Waals surface area contributed by atoms with Crippen LogP contribution in [-0.4, -0.2) is 21.4 Å². The number of amides is 1. The summed E-state index contributed by atoms with van der Waals surface area (Å²) in [5.41, 5.74) is 2.00. The standard InChI is InChI=1S/C16H19BrN4O/c1-10-5-6-12(11(17)7-10)20-15(22)13-8-14(19-9-18-13)21-16(2,3)4/h5-9H,1-4H3,(H,20,22)(H,18,19,21). The molecule has 2 N–H and O–H groups in total. The van der Waals surface area contributed by atoms with Gasteiger partial charge in [0, 0.05) is 16.1 Å². The number of hydrogen-bond donors (Lipinski definition) is 2. The molecule has 1 aromatic heterocycles. The minimum absolute atomic E-state index is 0.137. The summed E-state index contributed by atoms with van der Waals surface area (Å²) < 4.78 is 0.836. The molecule has 116 valence electrons. The minimum Gasteiger partial charge on any atom is -0.365 e. The third kappa shape index (κ3) is 4.53. The Balaban J connectivity index is 2.17. The zero-order valence-corrected chi connectivity index (χ0v) is 14.7. The van der Waals surface area contributed by atoms with E-state index in [1.165, 1.54) is 6.33 Å². The van der Waals surface area contributed by atoms with Gasteiger partial charge in [-0.3, -0.25) is 4.79 Å². The molecule has 2 rings (SSSR count). The molecule has 5 nitrogen and oxygen atoms in total. The van der Waals surface area contributed by atoms with Crippen LogP contribution in [0.15, 0.2) is 35.1 Å². The maximum absolute atomic E-state index is 12.3. The summed E-state index contributed by atoms with van der Waals surface area (Å²) in [7, 11) is 0. The summed E-state index contributed by atoms with van der Waals surface area (Å²) in [5.74, 6) is 0.347. The SMILES string of the molecule is Cc1ccc(NC(=O)c2cc(NC(C)(C)C)ncn2)c(Br)c1. The number of aromatic nitrogens is 2. The van der Waals surface area contributed by atoms with E-state index in [1.54, 1.807) is 6.07 Å². The maximum atomic E-state index is 12.3. The van der Waals surface area contributed by atoms with Crippen LogP contribution < -0.4 is 10.6 Å². The zero-order valence-electron chi connectivity index (χ0n) is 13.1. The van der Waals surface area contributed by atoms with Gasteiger partial charge in [-0.25, -0.2) is 9.97 Å². The third-order valence-electron chi connectivity index (χ3n) is 2.78. The first-order chi connectivity index (χ1) is 10.2. The first-order valence-electron chi connectivity index (χ1n) is 6.92. The van der Waals surface area contributed by atoms with Crippen molar-refractivity contribution in [1.82, 2.24) is 9.97 Å². The van der Waals surface area contributed by atoms with E-state index < -0.39 is 0 Å². The number of carbonyl (C=O) groups is 1. The lowest BCUT2D eigenvalue weighted by atomic mass is 10.1. The van der Waals surface area contributed by atoms with Crippen LogP contribution in [0.1, 0.15) is 36.8 Å². The van der Waals surface area contributed by atoms with Gasteiger partial charge in [0.15, 0.2) is 0 Å². The Morgan fingerprint density at radius 3 is 2.55 bits per heavy atom. The summed E-state index contributed by atoms with van der Waals surface area (Å²) in [6.07, 6.45) is 1.38. The van der Waals surface area contributed by atoms with E-state index in [4.69, 9.17) is 0 Å². The van der Waals surface area contributed by atoms with Crippen molar-refractivity contribution in [3.8, 4) is 0 Å². The maximum Gasteiger partial charge on any atom is 0.274 e. The predicted octanol–water partition coefficient (Wildman–Crippen LogP) is 4.01. The van der Waals surface area contributed by atoms with E-state index >= 15 is 0 Å². The number of benzene rings is 1. The molecule has 0 saturated heterocycles. The van der Waals surface area contributed by atoms with Crippen LogP contribution in [0.2, 0.25) is 0 Å². The molecule has 0 atom stereocenters. The fourth-order valence-corrected chi connectivity index (χ4v) is 2.43. The van der Waals surface area contributed by atoms with Crippen molar-refractivity contribution >= 4 is 33.3 Å². The van der Waals surface area contributed by atoms with Gasteiger partial charge in [-0.1, -0.05) is 6.07 Å². The number of halogens is 1. The molecule has 0 aliphatic rings. The highest BCUT2D eigenvalue weighted by Crippen LogP contribution is 2.24. The minimum atomic E-state index is -0.274. The van der Waals surface area contributed by atoms with Gasteiger partial charge in [0.1, 0.15) is 17.8 Å². The number of hydrogen-bond acceptors (Lipinski definition) is 4. The highest BCUT2D eigenvalue weighted by atomic mass is 79.9. The largest absolute Gasteiger partial charge is 0.365 e. The molecule has 0 radical (unpaired) electrons. The van der Waals surface area contributed by atoms with E-state index in [1.807, 2.05) is 45.9 Å². The number of nitrogens with zero attached hydrogens (tertiary/aromatic N) is 2. The Hall–Kier alpha value is -1.95. The second kappa shape index (κ2) is 6.44. The van der Waals surface area contributed by atoms with Gasteiger partial charge < -0.3 is 10.6 Å². The van der Waals surface area contributed by atoms with E-state index in [9.17, 15) is 4.79 Å². The Morgan fingerprint density at radius 1 is 1.18 bits per heavy atom. The quantitative estimate of drug-likeness (QED) is 0.865. The first kappa shape index (κ1) is 16.4. The fraction of sp³-hybridized carbons (Fsp3) is 0.312. The summed E-state index contributed by atoms with van der Waals surface area (Å²) in [5, 5.41) is 6.06. The van der Waals surface area contributed by atoms with Crippen LogP contribution in [0.3, 0.4) is 0 Å². The molecule has 2 aromatic rings. The zero-order chi connectivity index (χ0) is 16.3. The molecule has 1 amide bonds. The highest BCUT2D eigenvalue weighted by molar-refractivity contribution is 9.10. The summed E-state index contributed by atoms with van der Waals surface area (Å²) >= 11 is 3.44. The van der Waals surface area contributed by atoms with E-state index in [-0.39, 0.29) is 11.4 Å². The Morgan fingerprint density at radius 2 is 1.91 bits per heavy atom. The molecule has 0 fully saturated rings. The summed E-state index contributed by atoms with van der Waals surface area (Å²) in [4.78, 5) is 20.5. The molecule has 6 heteroatoms. The van der Waals surface area contributed by atoms with Crippen LogP contribution >= 0.6 is 15.9 Å². The normalized spacial score (nSPS) is 11.1. The third-order valence-corrected chi connectivity index (χ3v) is 3.43. The van der Waals surface area contributed by atoms with Crippen LogP contribution in [0.4, 0.5) is 11.5 Å². The molecule has 1 aromatic carbocycles. The van der Waals surface area contributed by atoms with Crippen LogP contribution in [-0.2, 0) is 0 Å².